The molecule has 0 aromatic heterocycles. The molecule has 2 unspecified atom stereocenters. The summed E-state index contributed by atoms with van der Waals surface area (Å²) in [5.74, 6) is -3.57. The molecular formula is C84H104Br2F9N9O8. The van der Waals surface area contributed by atoms with Crippen LogP contribution in [-0.4, -0.2) is 137 Å². The first-order valence-electron chi connectivity index (χ1n) is 39.0. The van der Waals surface area contributed by atoms with E-state index in [1.165, 1.54) is 48.8 Å². The van der Waals surface area contributed by atoms with E-state index in [4.69, 9.17) is 20.9 Å². The highest BCUT2D eigenvalue weighted by Gasteiger charge is 2.54. The number of nitrogens with zero attached hydrogens (tertiary/aromatic N) is 4. The number of piperazine rings is 2. The van der Waals surface area contributed by atoms with E-state index in [0.29, 0.717) is 98.2 Å². The van der Waals surface area contributed by atoms with Crippen LogP contribution in [-0.2, 0) is 51.6 Å². The van der Waals surface area contributed by atoms with Crippen molar-refractivity contribution in [1.82, 2.24) is 35.6 Å². The molecule has 0 spiro atoms. The van der Waals surface area contributed by atoms with Crippen LogP contribution in [0.1, 0.15) is 225 Å². The number of nitrogens with one attached hydrogen (secondary N) is 3. The number of benzene rings is 5. The van der Waals surface area contributed by atoms with E-state index in [9.17, 15) is 68.3 Å². The lowest BCUT2D eigenvalue weighted by Gasteiger charge is -2.40. The van der Waals surface area contributed by atoms with Crippen LogP contribution >= 0.6 is 31.9 Å². The van der Waals surface area contributed by atoms with Crippen molar-refractivity contribution in [2.45, 2.75) is 233 Å². The fourth-order valence-electron chi connectivity index (χ4n) is 14.2. The molecule has 0 radical (unpaired) electrons. The topological polar surface area (TPSA) is 222 Å². The zero-order chi connectivity index (χ0) is 81.2. The Morgan fingerprint density at radius 3 is 0.929 bits per heavy atom. The van der Waals surface area contributed by atoms with Crippen LogP contribution in [0, 0.1) is 17.8 Å². The van der Waals surface area contributed by atoms with E-state index in [1.807, 2.05) is 82.8 Å². The van der Waals surface area contributed by atoms with E-state index >= 15 is 0 Å². The zero-order valence-corrected chi connectivity index (χ0v) is 67.6. The largest absolute Gasteiger partial charge is 0.471 e. The van der Waals surface area contributed by atoms with Gasteiger partial charge in [-0.3, -0.25) is 29.0 Å². The number of carbonyl (C=O) groups excluding carboxylic acids is 6. The molecule has 5 aromatic rings. The van der Waals surface area contributed by atoms with E-state index < -0.39 is 64.1 Å². The number of hydrogen-bond acceptors (Lipinski definition) is 12. The molecule has 0 bridgehead atoms. The first-order valence-corrected chi connectivity index (χ1v) is 40.6. The van der Waals surface area contributed by atoms with Crippen molar-refractivity contribution in [1.29, 1.82) is 0 Å². The summed E-state index contributed by atoms with van der Waals surface area (Å²) >= 11 is 6.64. The number of nitrogens with two attached hydrogens (primary N) is 2. The fourth-order valence-corrected chi connectivity index (χ4v) is 14.8. The average molecular weight is 1700 g/mol. The summed E-state index contributed by atoms with van der Waals surface area (Å²) in [5.41, 5.74) is 16.4. The third-order valence-electron chi connectivity index (χ3n) is 22.4. The Kier molecular flexibility index (Phi) is 26.0. The van der Waals surface area contributed by atoms with Crippen molar-refractivity contribution in [3.8, 4) is 0 Å². The Bertz CT molecular complexity index is 4090. The summed E-state index contributed by atoms with van der Waals surface area (Å²) in [6.45, 7) is 17.3. The van der Waals surface area contributed by atoms with Gasteiger partial charge in [0, 0.05) is 96.4 Å². The Hall–Kier alpha value is -7.11. The van der Waals surface area contributed by atoms with E-state index in [2.05, 4.69) is 94.0 Å². The van der Waals surface area contributed by atoms with Gasteiger partial charge in [0.25, 0.3) is 0 Å². The van der Waals surface area contributed by atoms with E-state index in [1.54, 1.807) is 53.4 Å². The number of amides is 5. The lowest BCUT2D eigenvalue weighted by molar-refractivity contribution is -0.174. The third kappa shape index (κ3) is 24.2. The predicted octanol–water partition coefficient (Wildman–Crippen LogP) is 17.6. The molecular weight excluding hydrogens is 1590 g/mol. The van der Waals surface area contributed by atoms with Gasteiger partial charge in [0.15, 0.2) is 5.78 Å². The number of rotatable bonds is 19. The molecule has 2 saturated heterocycles. The molecule has 2 atom stereocenters. The van der Waals surface area contributed by atoms with Crippen LogP contribution in [0.2, 0.25) is 0 Å². The van der Waals surface area contributed by atoms with Gasteiger partial charge in [0.2, 0.25) is 0 Å². The van der Waals surface area contributed by atoms with Crippen molar-refractivity contribution in [2.75, 3.05) is 52.4 Å². The van der Waals surface area contributed by atoms with Gasteiger partial charge >= 0.3 is 48.4 Å². The quantitative estimate of drug-likeness (QED) is 0.0385. The van der Waals surface area contributed by atoms with Gasteiger partial charge in [-0.1, -0.05) is 155 Å². The highest BCUT2D eigenvalue weighted by atomic mass is 79.9. The molecule has 10 aliphatic rings. The van der Waals surface area contributed by atoms with E-state index in [-0.39, 0.29) is 35.1 Å². The van der Waals surface area contributed by atoms with Gasteiger partial charge in [0.05, 0.1) is 16.6 Å². The minimum atomic E-state index is -4.88. The molecule has 5 aromatic carbocycles. The molecule has 2 aliphatic heterocycles. The maximum Gasteiger partial charge on any atom is 0.471 e. The van der Waals surface area contributed by atoms with E-state index in [0.717, 1.165) is 105 Å². The standard InChI is InChI=1S/C25H34F3N3O3.C23H35N3O2.C16H16F3NO2.C11H9BrF3NO.C9H10BrN/c1-23(2,3)34-22(33)31-14-12-30(13-15-31)20(16-17-4-5-17)18-6-8-19(9-7-18)24(10-11-24)29-21(32)25(26,27)28;1-22(2,3)28-21(27)26-14-12-25(13-15-26)20(16-17-4-5-17)18-6-8-19(9-7-18)23(24)10-11-23;17-16(18,19)14(22)20-15(7-8-15)12-5-3-11(4-6-12)13(21)9-10-1-2-10;12-8-3-1-7(2-4-8)10(5-6-10)16-9(17)11(13,14)15;10-8-3-1-7(2-4-8)9(11)5-6-9/h6-9,17,20H,4-5,10-16H2,1-3H3,(H,29,32);6-9,17,20H,4-5,10-16,24H2,1-3H3;3-6,10H,1-2,7-9H2,(H,20,22);1-4H,5-6H2,(H,16,17);1-4H,5-6,11H2. The summed E-state index contributed by atoms with van der Waals surface area (Å²) in [4.78, 5) is 78.8. The Labute approximate surface area is 666 Å². The Morgan fingerprint density at radius 1 is 0.402 bits per heavy atom. The highest BCUT2D eigenvalue weighted by molar-refractivity contribution is 9.10. The summed E-state index contributed by atoms with van der Waals surface area (Å²) < 4.78 is 125. The van der Waals surface area contributed by atoms with Crippen molar-refractivity contribution < 1.29 is 77.8 Å². The minimum absolute atomic E-state index is 0.0146. The number of halogens is 11. The van der Waals surface area contributed by atoms with Crippen molar-refractivity contribution >= 4 is 67.6 Å². The van der Waals surface area contributed by atoms with Gasteiger partial charge < -0.3 is 46.7 Å². The predicted molar refractivity (Wildman–Crippen MR) is 414 cm³/mol. The second kappa shape index (κ2) is 34.0. The highest BCUT2D eigenvalue weighted by Crippen LogP contribution is 2.51. The average Bonchev–Trinajstić information content (AvgIpc) is 1.68. The van der Waals surface area contributed by atoms with Crippen LogP contribution in [0.5, 0.6) is 0 Å². The van der Waals surface area contributed by atoms with Gasteiger partial charge in [-0.15, -0.1) is 0 Å². The number of hydrogen-bond donors (Lipinski definition) is 5. The molecule has 8 saturated carbocycles. The van der Waals surface area contributed by atoms with Crippen LogP contribution in [0.4, 0.5) is 49.1 Å². The van der Waals surface area contributed by atoms with Crippen LogP contribution in [0.15, 0.2) is 130 Å². The normalized spacial score (nSPS) is 20.9. The van der Waals surface area contributed by atoms with Gasteiger partial charge in [0.1, 0.15) is 11.2 Å². The Balaban J connectivity index is 0.000000144. The molecule has 10 fully saturated rings. The molecule has 7 N–H and O–H groups in total. The van der Waals surface area contributed by atoms with Crippen LogP contribution < -0.4 is 27.4 Å². The molecule has 15 rings (SSSR count). The first-order chi connectivity index (χ1) is 52.4. The molecule has 28 heteroatoms. The lowest BCUT2D eigenvalue weighted by Crippen LogP contribution is -2.50. The number of carbonyl (C=O) groups is 6. The smallest absolute Gasteiger partial charge is 0.444 e. The molecule has 17 nitrogen and oxygen atoms in total. The molecule has 112 heavy (non-hydrogen) atoms. The van der Waals surface area contributed by atoms with Crippen LogP contribution in [0.25, 0.3) is 0 Å². The summed E-state index contributed by atoms with van der Waals surface area (Å²) in [5, 5.41) is 6.32. The molecule has 610 valence electrons. The SMILES string of the molecule is CC(C)(C)OC(=O)N1CCN(C(CC2CC2)c2ccc(C3(N)CC3)cc2)CC1.CC(C)(C)OC(=O)N1CCN(C(CC2CC2)c2ccc(C3(NC(=O)C(F)(F)F)CC3)cc2)CC1.NC1(c2ccc(Br)cc2)CC1.O=C(CC1CC1)c1ccc(C2(NC(=O)C(F)(F)F)CC2)cc1.O=C(NC1(c2ccc(Br)cc2)CC1)C(F)(F)F. The first kappa shape index (κ1) is 85.8. The third-order valence-corrected chi connectivity index (χ3v) is 23.5. The van der Waals surface area contributed by atoms with Gasteiger partial charge in [-0.25, -0.2) is 9.59 Å². The molecule has 8 aliphatic carbocycles. The molecule has 2 heterocycles. The van der Waals surface area contributed by atoms with Crippen molar-refractivity contribution in [2.24, 2.45) is 29.2 Å². The maximum atomic E-state index is 12.7. The number of Topliss-reactive ketones (excluding diaryl/α,β-unsaturated/α-hetero) is 1. The van der Waals surface area contributed by atoms with Crippen molar-refractivity contribution in [3.05, 3.63) is 175 Å². The zero-order valence-electron chi connectivity index (χ0n) is 64.4. The maximum absolute atomic E-state index is 12.7. The van der Waals surface area contributed by atoms with Crippen LogP contribution in [0.3, 0.4) is 0 Å². The summed E-state index contributed by atoms with van der Waals surface area (Å²) in [6, 6.07) is 39.1. The summed E-state index contributed by atoms with van der Waals surface area (Å²) in [7, 11) is 0. The van der Waals surface area contributed by atoms with Gasteiger partial charge in [-0.05, 0) is 212 Å². The monoisotopic (exact) mass is 1700 g/mol. The van der Waals surface area contributed by atoms with Crippen molar-refractivity contribution in [3.63, 3.8) is 0 Å². The Morgan fingerprint density at radius 2 is 0.670 bits per heavy atom. The fraction of sp³-hybridized carbons (Fsp3) is 0.571. The second-order valence-corrected chi connectivity index (χ2v) is 36.0. The number of ether oxygens (including phenoxy) is 2. The lowest BCUT2D eigenvalue weighted by atomic mass is 9.95. The summed E-state index contributed by atoms with van der Waals surface area (Å²) in [6.07, 6.45) is 2.59. The number of ketones is 1. The number of alkyl halides is 9. The second-order valence-electron chi connectivity index (χ2n) is 34.2. The minimum Gasteiger partial charge on any atom is -0.444 e. The van der Waals surface area contributed by atoms with Gasteiger partial charge in [-0.2, -0.15) is 39.5 Å². The molecule has 5 amide bonds.